The van der Waals surface area contributed by atoms with Gasteiger partial charge in [-0.2, -0.15) is 4.31 Å². The highest BCUT2D eigenvalue weighted by Crippen LogP contribution is 2.30. The average Bonchev–Trinajstić information content (AvgIpc) is 2.77. The first-order valence-corrected chi connectivity index (χ1v) is 11.5. The molecular weight excluding hydrogens is 416 g/mol. The van der Waals surface area contributed by atoms with Gasteiger partial charge < -0.3 is 0 Å². The largest absolute Gasteiger partial charge is 0.293 e. The van der Waals surface area contributed by atoms with Crippen molar-refractivity contribution in [2.45, 2.75) is 31.3 Å². The highest BCUT2D eigenvalue weighted by molar-refractivity contribution is 7.89. The molecule has 0 aromatic heterocycles. The molecule has 0 aliphatic carbocycles. The van der Waals surface area contributed by atoms with Crippen LogP contribution in [0.25, 0.3) is 0 Å². The van der Waals surface area contributed by atoms with Gasteiger partial charge in [-0.05, 0) is 54.8 Å². The number of sulfonamides is 1. The van der Waals surface area contributed by atoms with E-state index < -0.39 is 10.0 Å². The molecule has 0 bridgehead atoms. The van der Waals surface area contributed by atoms with Crippen molar-refractivity contribution >= 4 is 27.3 Å². The summed E-state index contributed by atoms with van der Waals surface area (Å²) in [4.78, 5) is 4.43. The minimum absolute atomic E-state index is 0.222. The van der Waals surface area contributed by atoms with Crippen LogP contribution in [0.4, 0.5) is 0 Å². The molecule has 1 unspecified atom stereocenters. The Morgan fingerprint density at radius 1 is 0.967 bits per heavy atom. The molecule has 0 fully saturated rings. The molecule has 0 N–H and O–H groups in total. The maximum atomic E-state index is 13.5. The lowest BCUT2D eigenvalue weighted by atomic mass is 10.0. The Labute approximate surface area is 183 Å². The van der Waals surface area contributed by atoms with Gasteiger partial charge >= 0.3 is 0 Å². The summed E-state index contributed by atoms with van der Waals surface area (Å²) >= 11 is 5.96. The third-order valence-electron chi connectivity index (χ3n) is 5.18. The number of halogens is 1. The van der Waals surface area contributed by atoms with E-state index in [2.05, 4.69) is 4.99 Å². The molecule has 0 aliphatic heterocycles. The second-order valence-corrected chi connectivity index (χ2v) is 9.42. The molecule has 0 radical (unpaired) electrons. The second kappa shape index (κ2) is 9.56. The van der Waals surface area contributed by atoms with Crippen molar-refractivity contribution in [3.63, 3.8) is 0 Å². The second-order valence-electron chi connectivity index (χ2n) is 7.10. The van der Waals surface area contributed by atoms with Crippen LogP contribution in [0.5, 0.6) is 0 Å². The standard InChI is InChI=1S/C24H25ClN2O2S/c1-18(26-3)21-9-11-22(12-10-21)19(2)27(17-20-7-5-4-6-8-20)30(28,29)24-15-13-23(25)14-16-24/h4-16,19H,17H2,1-3H3. The van der Waals surface area contributed by atoms with E-state index >= 15 is 0 Å². The normalized spacial score (nSPS) is 13.4. The van der Waals surface area contributed by atoms with Crippen LogP contribution in [0.15, 0.2) is 88.8 Å². The SMILES string of the molecule is CN=C(C)c1ccc(C(C)N(Cc2ccccc2)S(=O)(=O)c2ccc(Cl)cc2)cc1. The zero-order valence-corrected chi connectivity index (χ0v) is 18.9. The molecule has 3 aromatic carbocycles. The molecule has 4 nitrogen and oxygen atoms in total. The van der Waals surface area contributed by atoms with Crippen LogP contribution in [-0.4, -0.2) is 25.5 Å². The molecular formula is C24H25ClN2O2S. The Bertz CT molecular complexity index is 1110. The summed E-state index contributed by atoms with van der Waals surface area (Å²) in [5.41, 5.74) is 3.79. The fraction of sp³-hybridized carbons (Fsp3) is 0.208. The number of hydrogen-bond donors (Lipinski definition) is 0. The summed E-state index contributed by atoms with van der Waals surface area (Å²) in [6.07, 6.45) is 0. The lowest BCUT2D eigenvalue weighted by Gasteiger charge is -2.29. The van der Waals surface area contributed by atoms with Gasteiger partial charge in [-0.1, -0.05) is 66.2 Å². The Morgan fingerprint density at radius 2 is 1.57 bits per heavy atom. The van der Waals surface area contributed by atoms with Gasteiger partial charge in [0.15, 0.2) is 0 Å². The third-order valence-corrected chi connectivity index (χ3v) is 7.36. The number of hydrogen-bond acceptors (Lipinski definition) is 3. The van der Waals surface area contributed by atoms with Crippen LogP contribution in [0.1, 0.15) is 36.6 Å². The number of benzene rings is 3. The lowest BCUT2D eigenvalue weighted by molar-refractivity contribution is 0.336. The molecule has 0 spiro atoms. The molecule has 1 atom stereocenters. The minimum Gasteiger partial charge on any atom is -0.293 e. The van der Waals surface area contributed by atoms with Gasteiger partial charge in [0.1, 0.15) is 0 Å². The summed E-state index contributed by atoms with van der Waals surface area (Å²) in [5, 5.41) is 0.500. The molecule has 0 heterocycles. The Kier molecular flexibility index (Phi) is 7.08. The first kappa shape index (κ1) is 22.2. The van der Waals surface area contributed by atoms with Gasteiger partial charge in [0.2, 0.25) is 10.0 Å². The zero-order valence-electron chi connectivity index (χ0n) is 17.3. The van der Waals surface area contributed by atoms with Gasteiger partial charge in [0.25, 0.3) is 0 Å². The maximum Gasteiger partial charge on any atom is 0.243 e. The average molecular weight is 441 g/mol. The summed E-state index contributed by atoms with van der Waals surface area (Å²) in [6, 6.07) is 23.4. The molecule has 30 heavy (non-hydrogen) atoms. The molecule has 0 saturated carbocycles. The Morgan fingerprint density at radius 3 is 2.13 bits per heavy atom. The van der Waals surface area contributed by atoms with E-state index in [0.29, 0.717) is 5.02 Å². The third kappa shape index (κ3) is 4.98. The van der Waals surface area contributed by atoms with Crippen molar-refractivity contribution in [3.05, 3.63) is 101 Å². The fourth-order valence-electron chi connectivity index (χ4n) is 3.23. The highest BCUT2D eigenvalue weighted by atomic mass is 35.5. The van der Waals surface area contributed by atoms with Gasteiger partial charge in [-0.25, -0.2) is 8.42 Å². The molecule has 156 valence electrons. The summed E-state index contributed by atoms with van der Waals surface area (Å²) < 4.78 is 28.6. The first-order valence-electron chi connectivity index (χ1n) is 9.68. The molecule has 6 heteroatoms. The fourth-order valence-corrected chi connectivity index (χ4v) is 4.97. The van der Waals surface area contributed by atoms with Crippen molar-refractivity contribution in [2.75, 3.05) is 7.05 Å². The Balaban J connectivity index is 2.01. The van der Waals surface area contributed by atoms with Gasteiger partial charge in [-0.15, -0.1) is 0 Å². The number of aliphatic imine (C=N–C) groups is 1. The summed E-state index contributed by atoms with van der Waals surface area (Å²) in [5.74, 6) is 0. The Hall–Kier alpha value is -2.47. The highest BCUT2D eigenvalue weighted by Gasteiger charge is 2.30. The maximum absolute atomic E-state index is 13.5. The predicted octanol–water partition coefficient (Wildman–Crippen LogP) is 5.73. The van der Waals surface area contributed by atoms with Crippen molar-refractivity contribution in [1.82, 2.24) is 4.31 Å². The van der Waals surface area contributed by atoms with E-state index in [9.17, 15) is 8.42 Å². The van der Waals surface area contributed by atoms with Crippen LogP contribution < -0.4 is 0 Å². The zero-order chi connectivity index (χ0) is 21.7. The van der Waals surface area contributed by atoms with Gasteiger partial charge in [-0.3, -0.25) is 4.99 Å². The van der Waals surface area contributed by atoms with E-state index in [0.717, 1.165) is 22.4 Å². The van der Waals surface area contributed by atoms with Crippen LogP contribution in [0.3, 0.4) is 0 Å². The monoisotopic (exact) mass is 440 g/mol. The van der Waals surface area contributed by atoms with Gasteiger partial charge in [0.05, 0.1) is 4.90 Å². The minimum atomic E-state index is -3.74. The van der Waals surface area contributed by atoms with E-state index in [1.807, 2.05) is 68.4 Å². The summed E-state index contributed by atoms with van der Waals surface area (Å²) in [7, 11) is -1.99. The number of rotatable bonds is 7. The first-order chi connectivity index (χ1) is 14.3. The van der Waals surface area contributed by atoms with Crippen LogP contribution in [0.2, 0.25) is 5.02 Å². The molecule has 0 amide bonds. The van der Waals surface area contributed by atoms with Crippen LogP contribution in [0, 0.1) is 0 Å². The van der Waals surface area contributed by atoms with Gasteiger partial charge in [0, 0.05) is 30.4 Å². The van der Waals surface area contributed by atoms with Crippen molar-refractivity contribution < 1.29 is 8.42 Å². The predicted molar refractivity (Wildman–Crippen MR) is 124 cm³/mol. The molecule has 0 saturated heterocycles. The van der Waals surface area contributed by atoms with Crippen LogP contribution >= 0.6 is 11.6 Å². The quantitative estimate of drug-likeness (QED) is 0.440. The van der Waals surface area contributed by atoms with Crippen LogP contribution in [-0.2, 0) is 16.6 Å². The van der Waals surface area contributed by atoms with Crippen molar-refractivity contribution in [1.29, 1.82) is 0 Å². The topological polar surface area (TPSA) is 49.7 Å². The van der Waals surface area contributed by atoms with E-state index in [1.54, 1.807) is 31.3 Å². The molecule has 3 aromatic rings. The van der Waals surface area contributed by atoms with E-state index in [1.165, 1.54) is 4.31 Å². The smallest absolute Gasteiger partial charge is 0.243 e. The van der Waals surface area contributed by atoms with Crippen molar-refractivity contribution in [2.24, 2.45) is 4.99 Å². The van der Waals surface area contributed by atoms with E-state index in [-0.39, 0.29) is 17.5 Å². The molecule has 3 rings (SSSR count). The summed E-state index contributed by atoms with van der Waals surface area (Å²) in [6.45, 7) is 4.13. The lowest BCUT2D eigenvalue weighted by Crippen LogP contribution is -2.33. The van der Waals surface area contributed by atoms with E-state index in [4.69, 9.17) is 11.6 Å². The number of nitrogens with zero attached hydrogens (tertiary/aromatic N) is 2. The van der Waals surface area contributed by atoms with Crippen molar-refractivity contribution in [3.8, 4) is 0 Å². The molecule has 0 aliphatic rings.